The summed E-state index contributed by atoms with van der Waals surface area (Å²) in [4.78, 5) is 0. The first kappa shape index (κ1) is 16.2. The van der Waals surface area contributed by atoms with Gasteiger partial charge >= 0.3 is 0 Å². The molecule has 0 fully saturated rings. The first-order valence-corrected chi connectivity index (χ1v) is 7.64. The summed E-state index contributed by atoms with van der Waals surface area (Å²) in [6.45, 7) is 6.55. The normalized spacial score (nSPS) is 12.3. The van der Waals surface area contributed by atoms with Gasteiger partial charge in [0.25, 0.3) is 0 Å². The van der Waals surface area contributed by atoms with E-state index < -0.39 is 0 Å². The summed E-state index contributed by atoms with van der Waals surface area (Å²) in [7, 11) is 0. The summed E-state index contributed by atoms with van der Waals surface area (Å²) < 4.78 is 5.44. The van der Waals surface area contributed by atoms with Crippen LogP contribution in [0.15, 0.2) is 30.3 Å². The fourth-order valence-corrected chi connectivity index (χ4v) is 2.89. The number of rotatable bonds is 4. The Morgan fingerprint density at radius 1 is 1.05 bits per heavy atom. The predicted molar refractivity (Wildman–Crippen MR) is 89.6 cm³/mol. The number of nitrogens with two attached hydrogens (primary N) is 1. The van der Waals surface area contributed by atoms with Crippen molar-refractivity contribution in [2.45, 2.75) is 26.8 Å². The van der Waals surface area contributed by atoms with E-state index in [-0.39, 0.29) is 6.04 Å². The van der Waals surface area contributed by atoms with Crippen LogP contribution in [0.4, 0.5) is 0 Å². The van der Waals surface area contributed by atoms with Gasteiger partial charge in [0.2, 0.25) is 0 Å². The first-order valence-electron chi connectivity index (χ1n) is 6.88. The minimum atomic E-state index is -0.314. The number of hydrogen-bond acceptors (Lipinski definition) is 2. The highest BCUT2D eigenvalue weighted by Crippen LogP contribution is 2.36. The molecule has 0 spiro atoms. The maximum atomic E-state index is 6.38. The summed E-state index contributed by atoms with van der Waals surface area (Å²) >= 11 is 12.6. The van der Waals surface area contributed by atoms with E-state index in [0.717, 1.165) is 16.7 Å². The fraction of sp³-hybridized carbons (Fsp3) is 0.294. The topological polar surface area (TPSA) is 35.2 Å². The van der Waals surface area contributed by atoms with Crippen LogP contribution in [0.5, 0.6) is 5.75 Å². The fourth-order valence-electron chi connectivity index (χ4n) is 2.39. The molecule has 2 aromatic carbocycles. The molecular weight excluding hydrogens is 305 g/mol. The average Bonchev–Trinajstić information content (AvgIpc) is 2.42. The minimum Gasteiger partial charge on any atom is -0.492 e. The molecule has 0 heterocycles. The Labute approximate surface area is 135 Å². The van der Waals surface area contributed by atoms with Gasteiger partial charge in [0.05, 0.1) is 17.7 Å². The second-order valence-corrected chi connectivity index (χ2v) is 5.89. The highest BCUT2D eigenvalue weighted by atomic mass is 35.5. The molecule has 0 aliphatic heterocycles. The number of aryl methyl sites for hydroxylation is 2. The van der Waals surface area contributed by atoms with E-state index in [9.17, 15) is 0 Å². The van der Waals surface area contributed by atoms with Crippen LogP contribution in [0.1, 0.15) is 35.2 Å². The van der Waals surface area contributed by atoms with Gasteiger partial charge in [-0.05, 0) is 43.5 Å². The van der Waals surface area contributed by atoms with E-state index >= 15 is 0 Å². The van der Waals surface area contributed by atoms with Crippen molar-refractivity contribution in [1.29, 1.82) is 0 Å². The van der Waals surface area contributed by atoms with Gasteiger partial charge in [0, 0.05) is 11.1 Å². The SMILES string of the molecule is CCOc1cc(Cl)c(C(N)c2ccc(C)cc2C)cc1Cl. The quantitative estimate of drug-likeness (QED) is 0.853. The van der Waals surface area contributed by atoms with Crippen LogP contribution in [-0.2, 0) is 0 Å². The summed E-state index contributed by atoms with van der Waals surface area (Å²) in [5.74, 6) is 0.584. The second kappa shape index (κ2) is 6.69. The molecule has 1 unspecified atom stereocenters. The third-order valence-electron chi connectivity index (χ3n) is 3.45. The van der Waals surface area contributed by atoms with E-state index in [1.807, 2.05) is 26.0 Å². The molecule has 0 aromatic heterocycles. The smallest absolute Gasteiger partial charge is 0.139 e. The van der Waals surface area contributed by atoms with Crippen molar-refractivity contribution in [3.63, 3.8) is 0 Å². The Morgan fingerprint density at radius 2 is 1.76 bits per heavy atom. The van der Waals surface area contributed by atoms with E-state index in [2.05, 4.69) is 13.0 Å². The maximum absolute atomic E-state index is 6.38. The molecule has 2 aromatic rings. The Balaban J connectivity index is 2.43. The average molecular weight is 324 g/mol. The van der Waals surface area contributed by atoms with Crippen LogP contribution in [0, 0.1) is 13.8 Å². The van der Waals surface area contributed by atoms with Crippen molar-refractivity contribution in [3.8, 4) is 5.75 Å². The third-order valence-corrected chi connectivity index (χ3v) is 4.07. The van der Waals surface area contributed by atoms with Gasteiger partial charge in [-0.2, -0.15) is 0 Å². The largest absolute Gasteiger partial charge is 0.492 e. The van der Waals surface area contributed by atoms with Crippen molar-refractivity contribution >= 4 is 23.2 Å². The number of halogens is 2. The highest BCUT2D eigenvalue weighted by Gasteiger charge is 2.17. The lowest BCUT2D eigenvalue weighted by Gasteiger charge is -2.18. The number of hydrogen-bond donors (Lipinski definition) is 1. The number of ether oxygens (including phenoxy) is 1. The van der Waals surface area contributed by atoms with Crippen LogP contribution in [-0.4, -0.2) is 6.61 Å². The van der Waals surface area contributed by atoms with Gasteiger partial charge in [-0.1, -0.05) is 47.0 Å². The molecule has 1 atom stereocenters. The van der Waals surface area contributed by atoms with Crippen molar-refractivity contribution in [1.82, 2.24) is 0 Å². The molecule has 21 heavy (non-hydrogen) atoms. The molecule has 2 N–H and O–H groups in total. The van der Waals surface area contributed by atoms with Gasteiger partial charge in [-0.3, -0.25) is 0 Å². The zero-order valence-corrected chi connectivity index (χ0v) is 13.9. The van der Waals surface area contributed by atoms with Crippen LogP contribution >= 0.6 is 23.2 Å². The van der Waals surface area contributed by atoms with Gasteiger partial charge in [-0.25, -0.2) is 0 Å². The summed E-state index contributed by atoms with van der Waals surface area (Å²) in [5.41, 5.74) is 10.6. The standard InChI is InChI=1S/C17H19Cl2NO/c1-4-21-16-9-14(18)13(8-15(16)19)17(20)12-6-5-10(2)7-11(12)3/h5-9,17H,4,20H2,1-3H3. The molecule has 112 valence electrons. The maximum Gasteiger partial charge on any atom is 0.139 e. The van der Waals surface area contributed by atoms with Crippen molar-refractivity contribution in [3.05, 3.63) is 62.6 Å². The van der Waals surface area contributed by atoms with Gasteiger partial charge in [0.1, 0.15) is 5.75 Å². The highest BCUT2D eigenvalue weighted by molar-refractivity contribution is 6.34. The Bertz CT molecular complexity index is 655. The van der Waals surface area contributed by atoms with E-state index in [1.54, 1.807) is 12.1 Å². The predicted octanol–water partition coefficient (Wildman–Crippen LogP) is 5.06. The molecule has 0 aliphatic carbocycles. The minimum absolute atomic E-state index is 0.314. The first-order chi connectivity index (χ1) is 9.93. The number of benzene rings is 2. The summed E-state index contributed by atoms with van der Waals surface area (Å²) in [6.07, 6.45) is 0. The monoisotopic (exact) mass is 323 g/mol. The molecular formula is C17H19Cl2NO. The molecule has 2 rings (SSSR count). The van der Waals surface area contributed by atoms with E-state index in [0.29, 0.717) is 22.4 Å². The lowest BCUT2D eigenvalue weighted by atomic mass is 9.94. The zero-order valence-electron chi connectivity index (χ0n) is 12.4. The summed E-state index contributed by atoms with van der Waals surface area (Å²) in [5, 5.41) is 1.09. The summed E-state index contributed by atoms with van der Waals surface area (Å²) in [6, 6.07) is 9.40. The van der Waals surface area contributed by atoms with E-state index in [4.69, 9.17) is 33.7 Å². The lowest BCUT2D eigenvalue weighted by molar-refractivity contribution is 0.340. The van der Waals surface area contributed by atoms with Crippen molar-refractivity contribution in [2.24, 2.45) is 5.73 Å². The zero-order chi connectivity index (χ0) is 15.6. The van der Waals surface area contributed by atoms with Gasteiger partial charge < -0.3 is 10.5 Å². The van der Waals surface area contributed by atoms with E-state index in [1.165, 1.54) is 5.56 Å². The van der Waals surface area contributed by atoms with Gasteiger partial charge in [0.15, 0.2) is 0 Å². The molecule has 0 radical (unpaired) electrons. The molecule has 0 saturated heterocycles. The molecule has 2 nitrogen and oxygen atoms in total. The Hall–Kier alpha value is -1.22. The van der Waals surface area contributed by atoms with Crippen LogP contribution in [0.3, 0.4) is 0 Å². The Morgan fingerprint density at radius 3 is 2.38 bits per heavy atom. The molecule has 4 heteroatoms. The Kier molecular flexibility index (Phi) is 5.15. The molecule has 0 amide bonds. The third kappa shape index (κ3) is 3.52. The molecule has 0 bridgehead atoms. The van der Waals surface area contributed by atoms with Crippen molar-refractivity contribution in [2.75, 3.05) is 6.61 Å². The van der Waals surface area contributed by atoms with Gasteiger partial charge in [-0.15, -0.1) is 0 Å². The lowest BCUT2D eigenvalue weighted by Crippen LogP contribution is -2.14. The van der Waals surface area contributed by atoms with Crippen LogP contribution < -0.4 is 10.5 Å². The van der Waals surface area contributed by atoms with Crippen LogP contribution in [0.2, 0.25) is 10.0 Å². The molecule has 0 saturated carbocycles. The second-order valence-electron chi connectivity index (χ2n) is 5.07. The van der Waals surface area contributed by atoms with Crippen LogP contribution in [0.25, 0.3) is 0 Å². The molecule has 0 aliphatic rings. The van der Waals surface area contributed by atoms with Crippen molar-refractivity contribution < 1.29 is 4.74 Å².